The molecule has 0 N–H and O–H groups in total. The quantitative estimate of drug-likeness (QED) is 0.291. The molecule has 33 heavy (non-hydrogen) atoms. The summed E-state index contributed by atoms with van der Waals surface area (Å²) in [6.07, 6.45) is 0.479. The summed E-state index contributed by atoms with van der Waals surface area (Å²) in [6.45, 7) is 11.5. The molecule has 0 radical (unpaired) electrons. The monoisotopic (exact) mass is 454 g/mol. The average Bonchev–Trinajstić information content (AvgIpc) is 2.76. The van der Waals surface area contributed by atoms with Crippen LogP contribution >= 0.6 is 0 Å². The van der Waals surface area contributed by atoms with Crippen molar-refractivity contribution in [3.8, 4) is 16.9 Å². The van der Waals surface area contributed by atoms with Gasteiger partial charge in [-0.1, -0.05) is 43.5 Å². The number of ether oxygens (including phenoxy) is 3. The van der Waals surface area contributed by atoms with E-state index in [1.54, 1.807) is 19.9 Å². The van der Waals surface area contributed by atoms with Gasteiger partial charge < -0.3 is 14.2 Å². The number of esters is 3. The molecular weight excluding hydrogens is 427 g/mol. The van der Waals surface area contributed by atoms with E-state index >= 15 is 0 Å². The number of carbonyl (C=O) groups is 3. The van der Waals surface area contributed by atoms with Gasteiger partial charge in [0.1, 0.15) is 0 Å². The molecule has 0 aliphatic heterocycles. The summed E-state index contributed by atoms with van der Waals surface area (Å²) in [5, 5.41) is 0. The van der Waals surface area contributed by atoms with E-state index in [0.29, 0.717) is 12.0 Å². The molecule has 0 saturated carbocycles. The van der Waals surface area contributed by atoms with Crippen molar-refractivity contribution in [2.45, 2.75) is 27.2 Å². The van der Waals surface area contributed by atoms with Crippen LogP contribution in [0.15, 0.2) is 66.8 Å². The number of benzene rings is 2. The highest BCUT2D eigenvalue weighted by Crippen LogP contribution is 2.26. The van der Waals surface area contributed by atoms with E-state index in [9.17, 15) is 18.8 Å². The summed E-state index contributed by atoms with van der Waals surface area (Å²) in [5.41, 5.74) is 2.87. The van der Waals surface area contributed by atoms with Gasteiger partial charge in [0.05, 0.1) is 13.2 Å². The molecule has 0 amide bonds. The lowest BCUT2D eigenvalue weighted by atomic mass is 9.97. The molecule has 2 rings (SSSR count). The summed E-state index contributed by atoms with van der Waals surface area (Å²) in [5.74, 6) is -2.65. The number of hydrogen-bond acceptors (Lipinski definition) is 6. The molecule has 0 fully saturated rings. The molecule has 0 unspecified atom stereocenters. The van der Waals surface area contributed by atoms with Crippen LogP contribution in [0.4, 0.5) is 4.39 Å². The lowest BCUT2D eigenvalue weighted by Crippen LogP contribution is -2.23. The van der Waals surface area contributed by atoms with Gasteiger partial charge in [-0.15, -0.1) is 0 Å². The Balaban J connectivity index is 2.11. The first-order chi connectivity index (χ1) is 15.6. The molecule has 2 aromatic carbocycles. The van der Waals surface area contributed by atoms with Gasteiger partial charge in [-0.05, 0) is 49.1 Å². The van der Waals surface area contributed by atoms with Crippen LogP contribution in [-0.2, 0) is 30.3 Å². The molecule has 7 heteroatoms. The van der Waals surface area contributed by atoms with Crippen molar-refractivity contribution in [1.29, 1.82) is 0 Å². The van der Waals surface area contributed by atoms with Crippen LogP contribution in [0.1, 0.15) is 26.3 Å². The zero-order valence-electron chi connectivity index (χ0n) is 19.0. The van der Waals surface area contributed by atoms with E-state index in [0.717, 1.165) is 11.1 Å². The van der Waals surface area contributed by atoms with Crippen LogP contribution in [0.25, 0.3) is 11.1 Å². The fourth-order valence-electron chi connectivity index (χ4n) is 2.88. The minimum absolute atomic E-state index is 0.0553. The Labute approximate surface area is 192 Å². The van der Waals surface area contributed by atoms with Gasteiger partial charge in [0.15, 0.2) is 11.6 Å². The molecule has 0 saturated heterocycles. The normalized spacial score (nSPS) is 10.5. The van der Waals surface area contributed by atoms with Crippen molar-refractivity contribution in [2.75, 3.05) is 13.2 Å². The molecule has 0 spiro atoms. The third-order valence-corrected chi connectivity index (χ3v) is 4.59. The molecule has 2 aromatic rings. The smallest absolute Gasteiger partial charge is 0.333 e. The first-order valence-electron chi connectivity index (χ1n) is 10.3. The predicted molar refractivity (Wildman–Crippen MR) is 122 cm³/mol. The van der Waals surface area contributed by atoms with E-state index < -0.39 is 23.7 Å². The second-order valence-corrected chi connectivity index (χ2v) is 7.76. The topological polar surface area (TPSA) is 78.9 Å². The average molecular weight is 454 g/mol. The van der Waals surface area contributed by atoms with E-state index in [1.165, 1.54) is 19.1 Å². The van der Waals surface area contributed by atoms with Crippen LogP contribution in [0.2, 0.25) is 0 Å². The first kappa shape index (κ1) is 25.5. The van der Waals surface area contributed by atoms with E-state index in [2.05, 4.69) is 13.2 Å². The molecule has 0 bridgehead atoms. The maximum atomic E-state index is 14.2. The summed E-state index contributed by atoms with van der Waals surface area (Å²) < 4.78 is 29.5. The molecular formula is C26H27FO6. The van der Waals surface area contributed by atoms with Crippen molar-refractivity contribution in [2.24, 2.45) is 5.92 Å². The van der Waals surface area contributed by atoms with Gasteiger partial charge in [-0.3, -0.25) is 4.79 Å². The summed E-state index contributed by atoms with van der Waals surface area (Å²) in [6, 6.07) is 11.7. The Morgan fingerprint density at radius 3 is 1.82 bits per heavy atom. The molecule has 0 aliphatic carbocycles. The SMILES string of the molecule is C=C(C)C(=O)OCC(COC(=O)C(=C)C)Cc1ccc(-c2ccc(OC(C)=O)c(F)c2)cc1. The van der Waals surface area contributed by atoms with Gasteiger partial charge in [0.25, 0.3) is 0 Å². The van der Waals surface area contributed by atoms with Crippen molar-refractivity contribution in [3.05, 3.63) is 78.1 Å². The van der Waals surface area contributed by atoms with Crippen molar-refractivity contribution >= 4 is 17.9 Å². The predicted octanol–water partition coefficient (Wildman–Crippen LogP) is 4.82. The number of rotatable bonds is 10. The Hall–Kier alpha value is -3.74. The largest absolute Gasteiger partial charge is 0.462 e. The van der Waals surface area contributed by atoms with E-state index in [-0.39, 0.29) is 36.0 Å². The minimum atomic E-state index is -0.634. The lowest BCUT2D eigenvalue weighted by molar-refractivity contribution is -0.144. The van der Waals surface area contributed by atoms with Crippen LogP contribution in [0, 0.1) is 11.7 Å². The molecule has 0 aliphatic rings. The van der Waals surface area contributed by atoms with Crippen molar-refractivity contribution < 1.29 is 33.0 Å². The number of carbonyl (C=O) groups excluding carboxylic acids is 3. The van der Waals surface area contributed by atoms with Gasteiger partial charge in [-0.2, -0.15) is 0 Å². The van der Waals surface area contributed by atoms with E-state index in [4.69, 9.17) is 14.2 Å². The Morgan fingerprint density at radius 1 is 0.848 bits per heavy atom. The third-order valence-electron chi connectivity index (χ3n) is 4.59. The molecule has 0 atom stereocenters. The fourth-order valence-corrected chi connectivity index (χ4v) is 2.88. The standard InChI is InChI=1S/C26H27FO6/c1-16(2)25(29)31-14-20(15-32-26(30)17(3)4)12-19-6-8-21(9-7-19)22-10-11-24(23(27)13-22)33-18(5)28/h6-11,13,20H,1,3,12,14-15H2,2,4-5H3. The fraction of sp³-hybridized carbons (Fsp3) is 0.269. The zero-order valence-corrected chi connectivity index (χ0v) is 19.0. The highest BCUT2D eigenvalue weighted by Gasteiger charge is 2.17. The van der Waals surface area contributed by atoms with Crippen LogP contribution < -0.4 is 4.74 Å². The van der Waals surface area contributed by atoms with Gasteiger partial charge in [-0.25, -0.2) is 14.0 Å². The molecule has 0 aromatic heterocycles. The van der Waals surface area contributed by atoms with E-state index in [1.807, 2.05) is 24.3 Å². The van der Waals surface area contributed by atoms with Gasteiger partial charge >= 0.3 is 17.9 Å². The van der Waals surface area contributed by atoms with Gasteiger partial charge in [0, 0.05) is 24.0 Å². The van der Waals surface area contributed by atoms with Crippen LogP contribution in [-0.4, -0.2) is 31.1 Å². The highest BCUT2D eigenvalue weighted by atomic mass is 19.1. The van der Waals surface area contributed by atoms with Crippen molar-refractivity contribution in [3.63, 3.8) is 0 Å². The number of halogens is 1. The minimum Gasteiger partial charge on any atom is -0.462 e. The zero-order chi connectivity index (χ0) is 24.5. The Kier molecular flexibility index (Phi) is 9.09. The Bertz CT molecular complexity index is 1020. The lowest BCUT2D eigenvalue weighted by Gasteiger charge is -2.18. The maximum absolute atomic E-state index is 14.2. The van der Waals surface area contributed by atoms with Crippen LogP contribution in [0.3, 0.4) is 0 Å². The number of hydrogen-bond donors (Lipinski definition) is 0. The summed E-state index contributed by atoms with van der Waals surface area (Å²) >= 11 is 0. The third kappa shape index (κ3) is 8.03. The highest BCUT2D eigenvalue weighted by molar-refractivity contribution is 5.87. The summed E-state index contributed by atoms with van der Waals surface area (Å²) in [4.78, 5) is 34.5. The second kappa shape index (κ2) is 11.8. The maximum Gasteiger partial charge on any atom is 0.333 e. The molecule has 174 valence electrons. The first-order valence-corrected chi connectivity index (χ1v) is 10.3. The Morgan fingerprint density at radius 2 is 1.36 bits per heavy atom. The molecule has 6 nitrogen and oxygen atoms in total. The van der Waals surface area contributed by atoms with Gasteiger partial charge in [0.2, 0.25) is 0 Å². The molecule has 0 heterocycles. The van der Waals surface area contributed by atoms with Crippen LogP contribution in [0.5, 0.6) is 5.75 Å². The summed E-state index contributed by atoms with van der Waals surface area (Å²) in [7, 11) is 0. The second-order valence-electron chi connectivity index (χ2n) is 7.76. The van der Waals surface area contributed by atoms with Crippen molar-refractivity contribution in [1.82, 2.24) is 0 Å².